The number of carbonyl (C=O) groups excluding carboxylic acids is 1. The molecule has 0 fully saturated rings. The van der Waals surface area contributed by atoms with Gasteiger partial charge in [0.1, 0.15) is 6.04 Å². The fourth-order valence-electron chi connectivity index (χ4n) is 4.75. The van der Waals surface area contributed by atoms with Gasteiger partial charge in [0.25, 0.3) is 5.56 Å². The summed E-state index contributed by atoms with van der Waals surface area (Å²) in [5.74, 6) is 0.187. The van der Waals surface area contributed by atoms with Crippen molar-refractivity contribution in [1.29, 1.82) is 0 Å². The second-order valence-corrected chi connectivity index (χ2v) is 9.94. The summed E-state index contributed by atoms with van der Waals surface area (Å²) in [6.07, 6.45) is 3.83. The highest BCUT2D eigenvalue weighted by Gasteiger charge is 2.32. The van der Waals surface area contributed by atoms with Crippen LogP contribution in [-0.4, -0.2) is 15.5 Å². The van der Waals surface area contributed by atoms with Gasteiger partial charge in [0.2, 0.25) is 5.91 Å². The molecule has 3 aromatic rings. The number of anilines is 1. The lowest BCUT2D eigenvalue weighted by Gasteiger charge is -2.21. The molecule has 8 heteroatoms. The second kappa shape index (κ2) is 9.11. The smallest absolute Gasteiger partial charge is 0.294 e. The van der Waals surface area contributed by atoms with E-state index in [-0.39, 0.29) is 23.6 Å². The van der Waals surface area contributed by atoms with Gasteiger partial charge in [-0.25, -0.2) is 4.98 Å². The van der Waals surface area contributed by atoms with Gasteiger partial charge in [-0.1, -0.05) is 37.3 Å². The van der Waals surface area contributed by atoms with Crippen molar-refractivity contribution in [3.05, 3.63) is 79.5 Å². The zero-order chi connectivity index (χ0) is 22.9. The molecule has 0 aliphatic carbocycles. The molecule has 172 valence electrons. The number of amides is 1. The minimum absolute atomic E-state index is 0.0194. The Morgan fingerprint density at radius 2 is 2.12 bits per heavy atom. The Hall–Kier alpha value is -2.97. The molecule has 1 amide bonds. The van der Waals surface area contributed by atoms with Crippen LogP contribution in [0.2, 0.25) is 0 Å². The average Bonchev–Trinajstić information content (AvgIpc) is 3.54. The molecule has 4 heterocycles. The molecule has 0 saturated heterocycles. The first kappa shape index (κ1) is 21.9. The number of hydrogen-bond donors (Lipinski definition) is 3. The molecule has 33 heavy (non-hydrogen) atoms. The van der Waals surface area contributed by atoms with E-state index in [0.717, 1.165) is 35.6 Å². The average molecular weight is 464 g/mol. The Balaban J connectivity index is 1.35. The molecule has 7 nitrogen and oxygen atoms in total. The van der Waals surface area contributed by atoms with Gasteiger partial charge in [-0.15, -0.1) is 11.3 Å². The maximum absolute atomic E-state index is 13.4. The number of rotatable bonds is 7. The van der Waals surface area contributed by atoms with Crippen LogP contribution in [-0.2, 0) is 24.3 Å². The summed E-state index contributed by atoms with van der Waals surface area (Å²) in [5, 5.41) is 9.80. The predicted molar refractivity (Wildman–Crippen MR) is 130 cm³/mol. The molecule has 2 aliphatic heterocycles. The van der Waals surface area contributed by atoms with Gasteiger partial charge in [0.15, 0.2) is 5.82 Å². The van der Waals surface area contributed by atoms with E-state index in [1.54, 1.807) is 22.1 Å². The molecule has 0 saturated carbocycles. The van der Waals surface area contributed by atoms with E-state index in [9.17, 15) is 9.59 Å². The zero-order valence-corrected chi connectivity index (χ0v) is 19.7. The molecule has 0 radical (unpaired) electrons. The minimum atomic E-state index is -0.510. The third-order valence-corrected chi connectivity index (χ3v) is 7.95. The summed E-state index contributed by atoms with van der Waals surface area (Å²) < 4.78 is 1.63. The molecule has 3 N–H and O–H groups in total. The Morgan fingerprint density at radius 1 is 1.30 bits per heavy atom. The number of hydrogen-bond acceptors (Lipinski definition) is 6. The van der Waals surface area contributed by atoms with Crippen LogP contribution in [0.1, 0.15) is 71.4 Å². The molecule has 2 aliphatic rings. The summed E-state index contributed by atoms with van der Waals surface area (Å²) in [5.41, 5.74) is 3.01. The van der Waals surface area contributed by atoms with Crippen molar-refractivity contribution in [1.82, 2.24) is 20.2 Å². The van der Waals surface area contributed by atoms with Crippen LogP contribution in [0.4, 0.5) is 5.82 Å². The molecule has 5 rings (SSSR count). The van der Waals surface area contributed by atoms with Crippen molar-refractivity contribution in [2.24, 2.45) is 0 Å². The lowest BCUT2D eigenvalue weighted by molar-refractivity contribution is -0.124. The summed E-state index contributed by atoms with van der Waals surface area (Å²) in [4.78, 5) is 33.5. The summed E-state index contributed by atoms with van der Waals surface area (Å²) in [7, 11) is 0. The molecule has 3 atom stereocenters. The highest BCUT2D eigenvalue weighted by Crippen LogP contribution is 2.31. The largest absolute Gasteiger partial charge is 0.359 e. The van der Waals surface area contributed by atoms with Crippen LogP contribution < -0.4 is 21.5 Å². The number of fused-ring (bicyclic) bond motifs is 2. The van der Waals surface area contributed by atoms with E-state index in [0.29, 0.717) is 18.7 Å². The molecule has 1 aromatic carbocycles. The number of nitrogens with zero attached hydrogens (tertiary/aromatic N) is 2. The molecule has 2 aromatic heterocycles. The first-order chi connectivity index (χ1) is 16.0. The third kappa shape index (κ3) is 4.20. The third-order valence-electron chi connectivity index (χ3n) is 6.59. The Kier molecular flexibility index (Phi) is 6.03. The van der Waals surface area contributed by atoms with Gasteiger partial charge in [-0.3, -0.25) is 14.2 Å². The fourth-order valence-corrected chi connectivity index (χ4v) is 5.91. The summed E-state index contributed by atoms with van der Waals surface area (Å²) in [6, 6.07) is 11.6. The number of benzene rings is 1. The predicted octanol–water partition coefficient (Wildman–Crippen LogP) is 3.84. The molecular formula is C25H29N5O2S. The van der Waals surface area contributed by atoms with Crippen LogP contribution >= 0.6 is 11.3 Å². The first-order valence-corrected chi connectivity index (χ1v) is 12.4. The highest BCUT2D eigenvalue weighted by atomic mass is 32.1. The first-order valence-electron chi connectivity index (χ1n) is 11.6. The van der Waals surface area contributed by atoms with E-state index < -0.39 is 6.04 Å². The van der Waals surface area contributed by atoms with Gasteiger partial charge in [-0.05, 0) is 43.4 Å². The second-order valence-electron chi connectivity index (χ2n) is 8.77. The monoisotopic (exact) mass is 463 g/mol. The van der Waals surface area contributed by atoms with Crippen LogP contribution in [0.3, 0.4) is 0 Å². The minimum Gasteiger partial charge on any atom is -0.359 e. The van der Waals surface area contributed by atoms with Crippen molar-refractivity contribution >= 4 is 23.1 Å². The van der Waals surface area contributed by atoms with Gasteiger partial charge in [-0.2, -0.15) is 0 Å². The van der Waals surface area contributed by atoms with Gasteiger partial charge >= 0.3 is 0 Å². The van der Waals surface area contributed by atoms with E-state index in [1.165, 1.54) is 10.4 Å². The van der Waals surface area contributed by atoms with Crippen LogP contribution in [0.15, 0.2) is 47.4 Å². The quantitative estimate of drug-likeness (QED) is 0.496. The van der Waals surface area contributed by atoms with E-state index in [1.807, 2.05) is 37.3 Å². The Morgan fingerprint density at radius 3 is 2.88 bits per heavy atom. The molecule has 0 bridgehead atoms. The van der Waals surface area contributed by atoms with Crippen LogP contribution in [0.25, 0.3) is 0 Å². The highest BCUT2D eigenvalue weighted by molar-refractivity contribution is 7.12. The van der Waals surface area contributed by atoms with Gasteiger partial charge < -0.3 is 16.0 Å². The fraction of sp³-hybridized carbons (Fsp3) is 0.400. The van der Waals surface area contributed by atoms with Crippen LogP contribution in [0.5, 0.6) is 0 Å². The molecular weight excluding hydrogens is 434 g/mol. The van der Waals surface area contributed by atoms with Crippen molar-refractivity contribution < 1.29 is 4.79 Å². The molecule has 0 unspecified atom stereocenters. The van der Waals surface area contributed by atoms with Crippen molar-refractivity contribution in [3.8, 4) is 0 Å². The van der Waals surface area contributed by atoms with Gasteiger partial charge in [0, 0.05) is 34.7 Å². The normalized spacial score (nSPS) is 18.4. The van der Waals surface area contributed by atoms with E-state index in [4.69, 9.17) is 0 Å². The zero-order valence-electron chi connectivity index (χ0n) is 18.9. The Bertz CT molecular complexity index is 1200. The number of aryl methyl sites for hydroxylation is 1. The Labute approximate surface area is 197 Å². The van der Waals surface area contributed by atoms with Crippen LogP contribution in [0, 0.1) is 0 Å². The number of aromatic nitrogens is 2. The maximum atomic E-state index is 13.4. The van der Waals surface area contributed by atoms with Crippen molar-refractivity contribution in [3.63, 3.8) is 0 Å². The lowest BCUT2D eigenvalue weighted by atomic mass is 10.0. The molecule has 0 spiro atoms. The van der Waals surface area contributed by atoms with Crippen molar-refractivity contribution in [2.45, 2.75) is 64.3 Å². The number of carbonyl (C=O) groups is 1. The SMILES string of the molecule is CC[C@@H](Nc1ncc2n(c1=O)[C@H](C(=O)N[C@@H](C)c1cc3c(s1)CNC3)CC2)c1ccccc1. The van der Waals surface area contributed by atoms with Gasteiger partial charge in [0.05, 0.1) is 12.1 Å². The summed E-state index contributed by atoms with van der Waals surface area (Å²) >= 11 is 1.75. The number of thiophene rings is 1. The maximum Gasteiger partial charge on any atom is 0.294 e. The standard InChI is InChI=1S/C25H29N5O2S/c1-3-19(16-7-5-4-6-8-16)29-23-25(32)30-18(13-27-23)9-10-20(30)24(31)28-15(2)21-11-17-12-26-14-22(17)33-21/h4-8,11,13,15,19-20,26H,3,9-10,12,14H2,1-2H3,(H,27,29)(H,28,31)/t15-,19+,20-/m0/s1. The van der Waals surface area contributed by atoms with Crippen molar-refractivity contribution in [2.75, 3.05) is 5.32 Å². The number of nitrogens with one attached hydrogen (secondary N) is 3. The summed E-state index contributed by atoms with van der Waals surface area (Å²) in [6.45, 7) is 5.87. The van der Waals surface area contributed by atoms with E-state index >= 15 is 0 Å². The lowest BCUT2D eigenvalue weighted by Crippen LogP contribution is -2.37. The topological polar surface area (TPSA) is 88.0 Å². The van der Waals surface area contributed by atoms with E-state index in [2.05, 4.69) is 33.9 Å².